The summed E-state index contributed by atoms with van der Waals surface area (Å²) in [6, 6.07) is 4.55. The first kappa shape index (κ1) is 12.0. The molecule has 0 saturated heterocycles. The molecule has 1 aromatic carbocycles. The van der Waals surface area contributed by atoms with E-state index in [1.165, 1.54) is 6.07 Å². The first-order chi connectivity index (χ1) is 6.95. The number of benzene rings is 1. The van der Waals surface area contributed by atoms with Gasteiger partial charge in [-0.25, -0.2) is 0 Å². The average Bonchev–Trinajstić information content (AvgIpc) is 2.12. The summed E-state index contributed by atoms with van der Waals surface area (Å²) in [7, 11) is -4.21. The second kappa shape index (κ2) is 4.63. The number of ether oxygens (including phenoxy) is 1. The maximum absolute atomic E-state index is 11.0. The highest BCUT2D eigenvalue weighted by Crippen LogP contribution is 2.24. The van der Waals surface area contributed by atoms with E-state index in [1.807, 2.05) is 13.8 Å². The fourth-order valence-corrected chi connectivity index (χ4v) is 1.77. The molecule has 4 nitrogen and oxygen atoms in total. The van der Waals surface area contributed by atoms with Gasteiger partial charge in [-0.05, 0) is 31.0 Å². The lowest BCUT2D eigenvalue weighted by Crippen LogP contribution is -2.04. The Hall–Kier alpha value is -1.07. The van der Waals surface area contributed by atoms with Crippen molar-refractivity contribution >= 4 is 10.1 Å². The van der Waals surface area contributed by atoms with Crippen molar-refractivity contribution in [1.29, 1.82) is 0 Å². The molecule has 0 saturated carbocycles. The topological polar surface area (TPSA) is 63.6 Å². The molecule has 0 unspecified atom stereocenters. The Kier molecular flexibility index (Phi) is 3.71. The lowest BCUT2D eigenvalue weighted by atomic mass is 10.2. The van der Waals surface area contributed by atoms with Crippen molar-refractivity contribution in [2.75, 3.05) is 6.61 Å². The molecule has 0 bridgehead atoms. The van der Waals surface area contributed by atoms with Crippen LogP contribution in [0.4, 0.5) is 0 Å². The van der Waals surface area contributed by atoms with Gasteiger partial charge in [0.1, 0.15) is 10.6 Å². The van der Waals surface area contributed by atoms with Crippen LogP contribution in [-0.2, 0) is 10.1 Å². The van der Waals surface area contributed by atoms with E-state index in [0.717, 1.165) is 12.0 Å². The number of aryl methyl sites for hydroxylation is 1. The molecule has 1 aromatic rings. The highest BCUT2D eigenvalue weighted by atomic mass is 32.2. The summed E-state index contributed by atoms with van der Waals surface area (Å²) in [5.41, 5.74) is 0.883. The summed E-state index contributed by atoms with van der Waals surface area (Å²) in [5.74, 6) is 0.208. The Bertz CT molecular complexity index is 437. The summed E-state index contributed by atoms with van der Waals surface area (Å²) in [6.45, 7) is 4.17. The molecule has 0 spiro atoms. The molecule has 0 aliphatic carbocycles. The average molecular weight is 230 g/mol. The summed E-state index contributed by atoms with van der Waals surface area (Å²) < 4.78 is 36.2. The van der Waals surface area contributed by atoms with Crippen molar-refractivity contribution in [3.05, 3.63) is 23.8 Å². The standard InChI is InChI=1S/C10H14O4S/c1-3-6-14-9-7-8(2)4-5-10(9)15(11,12)13/h4-5,7H,3,6H2,1-2H3,(H,11,12,13). The maximum Gasteiger partial charge on any atom is 0.298 e. The van der Waals surface area contributed by atoms with Crippen LogP contribution in [0, 0.1) is 6.92 Å². The van der Waals surface area contributed by atoms with Crippen LogP contribution >= 0.6 is 0 Å². The molecule has 0 aliphatic rings. The molecular weight excluding hydrogens is 216 g/mol. The minimum absolute atomic E-state index is 0.179. The first-order valence-electron chi connectivity index (χ1n) is 4.66. The molecule has 0 aliphatic heterocycles. The maximum atomic E-state index is 11.0. The Morgan fingerprint density at radius 3 is 2.60 bits per heavy atom. The lowest BCUT2D eigenvalue weighted by molar-refractivity contribution is 0.307. The van der Waals surface area contributed by atoms with Crippen molar-refractivity contribution < 1.29 is 17.7 Å². The van der Waals surface area contributed by atoms with Crippen LogP contribution in [0.5, 0.6) is 5.75 Å². The summed E-state index contributed by atoms with van der Waals surface area (Å²) in [5, 5.41) is 0. The molecular formula is C10H14O4S. The molecule has 5 heteroatoms. The molecule has 0 atom stereocenters. The molecule has 0 aromatic heterocycles. The Labute approximate surface area is 89.6 Å². The van der Waals surface area contributed by atoms with E-state index in [2.05, 4.69) is 0 Å². The zero-order valence-corrected chi connectivity index (χ0v) is 9.54. The van der Waals surface area contributed by atoms with Crippen molar-refractivity contribution in [3.63, 3.8) is 0 Å². The zero-order valence-electron chi connectivity index (χ0n) is 8.73. The van der Waals surface area contributed by atoms with Crippen LogP contribution in [0.25, 0.3) is 0 Å². The minimum atomic E-state index is -4.21. The van der Waals surface area contributed by atoms with Gasteiger partial charge in [0.15, 0.2) is 0 Å². The second-order valence-electron chi connectivity index (χ2n) is 3.27. The third-order valence-corrected chi connectivity index (χ3v) is 2.73. The molecule has 84 valence electrons. The summed E-state index contributed by atoms with van der Waals surface area (Å²) >= 11 is 0. The second-order valence-corrected chi connectivity index (χ2v) is 4.66. The van der Waals surface area contributed by atoms with Gasteiger partial charge in [-0.15, -0.1) is 0 Å². The first-order valence-corrected chi connectivity index (χ1v) is 6.10. The summed E-state index contributed by atoms with van der Waals surface area (Å²) in [6.07, 6.45) is 0.777. The van der Waals surface area contributed by atoms with Gasteiger partial charge >= 0.3 is 0 Å². The van der Waals surface area contributed by atoms with Gasteiger partial charge in [-0.2, -0.15) is 8.42 Å². The predicted molar refractivity (Wildman–Crippen MR) is 56.8 cm³/mol. The van der Waals surface area contributed by atoms with E-state index in [1.54, 1.807) is 12.1 Å². The van der Waals surface area contributed by atoms with Crippen molar-refractivity contribution in [1.82, 2.24) is 0 Å². The minimum Gasteiger partial charge on any atom is -0.492 e. The Morgan fingerprint density at radius 2 is 2.07 bits per heavy atom. The molecule has 0 heterocycles. The fraction of sp³-hybridized carbons (Fsp3) is 0.400. The van der Waals surface area contributed by atoms with Gasteiger partial charge in [0.25, 0.3) is 10.1 Å². The van der Waals surface area contributed by atoms with Crippen LogP contribution in [0.1, 0.15) is 18.9 Å². The van der Waals surface area contributed by atoms with E-state index in [4.69, 9.17) is 9.29 Å². The molecule has 0 radical (unpaired) electrons. The van der Waals surface area contributed by atoms with Gasteiger partial charge < -0.3 is 4.74 Å². The SMILES string of the molecule is CCCOc1cc(C)ccc1S(=O)(=O)O. The van der Waals surface area contributed by atoms with Crippen LogP contribution in [0.2, 0.25) is 0 Å². The highest BCUT2D eigenvalue weighted by molar-refractivity contribution is 7.86. The number of rotatable bonds is 4. The third kappa shape index (κ3) is 3.21. The molecule has 0 amide bonds. The van der Waals surface area contributed by atoms with Crippen molar-refractivity contribution in [2.24, 2.45) is 0 Å². The number of hydrogen-bond donors (Lipinski definition) is 1. The fourth-order valence-electron chi connectivity index (χ4n) is 1.15. The third-order valence-electron chi connectivity index (χ3n) is 1.84. The van der Waals surface area contributed by atoms with Crippen LogP contribution in [0.15, 0.2) is 23.1 Å². The molecule has 0 fully saturated rings. The van der Waals surface area contributed by atoms with Crippen LogP contribution in [0.3, 0.4) is 0 Å². The molecule has 1 rings (SSSR count). The number of hydrogen-bond acceptors (Lipinski definition) is 3. The van der Waals surface area contributed by atoms with E-state index in [9.17, 15) is 8.42 Å². The molecule has 15 heavy (non-hydrogen) atoms. The smallest absolute Gasteiger partial charge is 0.298 e. The highest BCUT2D eigenvalue weighted by Gasteiger charge is 2.16. The molecule has 1 N–H and O–H groups in total. The van der Waals surface area contributed by atoms with E-state index in [-0.39, 0.29) is 10.6 Å². The van der Waals surface area contributed by atoms with E-state index >= 15 is 0 Å². The zero-order chi connectivity index (χ0) is 11.5. The van der Waals surface area contributed by atoms with Gasteiger partial charge in [0.2, 0.25) is 0 Å². The predicted octanol–water partition coefficient (Wildman–Crippen LogP) is 2.03. The van der Waals surface area contributed by atoms with E-state index in [0.29, 0.717) is 6.61 Å². The van der Waals surface area contributed by atoms with Gasteiger partial charge in [0, 0.05) is 0 Å². The van der Waals surface area contributed by atoms with Gasteiger partial charge in [0.05, 0.1) is 6.61 Å². The largest absolute Gasteiger partial charge is 0.492 e. The van der Waals surface area contributed by atoms with Gasteiger partial charge in [-0.1, -0.05) is 13.0 Å². The Balaban J connectivity index is 3.15. The van der Waals surface area contributed by atoms with Crippen molar-refractivity contribution in [2.45, 2.75) is 25.2 Å². The van der Waals surface area contributed by atoms with Gasteiger partial charge in [-0.3, -0.25) is 4.55 Å². The summed E-state index contributed by atoms with van der Waals surface area (Å²) in [4.78, 5) is -0.179. The lowest BCUT2D eigenvalue weighted by Gasteiger charge is -2.09. The van der Waals surface area contributed by atoms with Crippen molar-refractivity contribution in [3.8, 4) is 5.75 Å². The van der Waals surface area contributed by atoms with Crippen LogP contribution < -0.4 is 4.74 Å². The Morgan fingerprint density at radius 1 is 1.40 bits per heavy atom. The normalized spacial score (nSPS) is 11.4. The quantitative estimate of drug-likeness (QED) is 0.804. The monoisotopic (exact) mass is 230 g/mol. The van der Waals surface area contributed by atoms with Crippen LogP contribution in [-0.4, -0.2) is 19.6 Å². The van der Waals surface area contributed by atoms with E-state index < -0.39 is 10.1 Å².